The minimum absolute atomic E-state index is 0.0675. The molecule has 0 saturated carbocycles. The first-order valence-electron chi connectivity index (χ1n) is 7.93. The fraction of sp³-hybridized carbons (Fsp3) is 0.562. The highest BCUT2D eigenvalue weighted by Gasteiger charge is 2.28. The summed E-state index contributed by atoms with van der Waals surface area (Å²) in [4.78, 5) is 14.1. The molecule has 7 heteroatoms. The largest absolute Gasteiger partial charge is 0.336 e. The zero-order chi connectivity index (χ0) is 17.0. The average molecular weight is 339 g/mol. The van der Waals surface area contributed by atoms with Gasteiger partial charge in [0, 0.05) is 32.2 Å². The van der Waals surface area contributed by atoms with Crippen molar-refractivity contribution in [1.29, 1.82) is 0 Å². The average Bonchev–Trinajstić information content (AvgIpc) is 2.73. The highest BCUT2D eigenvalue weighted by Crippen LogP contribution is 2.18. The molecule has 1 aliphatic heterocycles. The Morgan fingerprint density at radius 3 is 2.57 bits per heavy atom. The maximum absolute atomic E-state index is 12.8. The van der Waals surface area contributed by atoms with E-state index in [4.69, 9.17) is 0 Å². The van der Waals surface area contributed by atoms with Crippen LogP contribution < -0.4 is 5.32 Å². The van der Waals surface area contributed by atoms with Crippen molar-refractivity contribution in [2.45, 2.75) is 38.1 Å². The van der Waals surface area contributed by atoms with Crippen LogP contribution in [0.1, 0.15) is 25.8 Å². The van der Waals surface area contributed by atoms with Crippen molar-refractivity contribution in [1.82, 2.24) is 14.5 Å². The predicted octanol–water partition coefficient (Wildman–Crippen LogP) is 1.81. The van der Waals surface area contributed by atoms with Crippen molar-refractivity contribution in [2.24, 2.45) is 0 Å². The SMILES string of the molecule is Cc1cccc(S(=O)(=O)N2CCCN(C(=O)NC(C)C)CC2)c1. The summed E-state index contributed by atoms with van der Waals surface area (Å²) < 4.78 is 27.0. The van der Waals surface area contributed by atoms with Gasteiger partial charge in [-0.2, -0.15) is 4.31 Å². The van der Waals surface area contributed by atoms with Crippen molar-refractivity contribution in [3.05, 3.63) is 29.8 Å². The summed E-state index contributed by atoms with van der Waals surface area (Å²) in [5.41, 5.74) is 0.916. The lowest BCUT2D eigenvalue weighted by Crippen LogP contribution is -2.44. The van der Waals surface area contributed by atoms with E-state index in [9.17, 15) is 13.2 Å². The number of benzene rings is 1. The molecule has 0 spiro atoms. The predicted molar refractivity (Wildman–Crippen MR) is 89.8 cm³/mol. The van der Waals surface area contributed by atoms with Gasteiger partial charge < -0.3 is 10.2 Å². The van der Waals surface area contributed by atoms with Crippen LogP contribution in [0.2, 0.25) is 0 Å². The number of carbonyl (C=O) groups is 1. The number of hydrogen-bond acceptors (Lipinski definition) is 3. The Labute approximate surface area is 138 Å². The maximum atomic E-state index is 12.8. The molecule has 1 saturated heterocycles. The van der Waals surface area contributed by atoms with E-state index >= 15 is 0 Å². The number of aryl methyl sites for hydroxylation is 1. The lowest BCUT2D eigenvalue weighted by molar-refractivity contribution is 0.198. The third kappa shape index (κ3) is 4.45. The number of carbonyl (C=O) groups excluding carboxylic acids is 1. The Morgan fingerprint density at radius 1 is 1.17 bits per heavy atom. The van der Waals surface area contributed by atoms with E-state index in [-0.39, 0.29) is 12.1 Å². The van der Waals surface area contributed by atoms with Crippen molar-refractivity contribution in [3.8, 4) is 0 Å². The molecule has 0 aromatic heterocycles. The first-order valence-corrected chi connectivity index (χ1v) is 9.37. The Kier molecular flexibility index (Phi) is 5.64. The molecule has 0 atom stereocenters. The van der Waals surface area contributed by atoms with E-state index in [1.807, 2.05) is 26.8 Å². The third-order valence-corrected chi connectivity index (χ3v) is 5.68. The highest BCUT2D eigenvalue weighted by atomic mass is 32.2. The monoisotopic (exact) mass is 339 g/mol. The molecule has 1 aliphatic rings. The van der Waals surface area contributed by atoms with E-state index in [1.54, 1.807) is 23.1 Å². The van der Waals surface area contributed by atoms with Crippen LogP contribution >= 0.6 is 0 Å². The van der Waals surface area contributed by atoms with Crippen molar-refractivity contribution < 1.29 is 13.2 Å². The van der Waals surface area contributed by atoms with Crippen LogP contribution in [0.3, 0.4) is 0 Å². The summed E-state index contributed by atoms with van der Waals surface area (Å²) in [5.74, 6) is 0. The maximum Gasteiger partial charge on any atom is 0.317 e. The van der Waals surface area contributed by atoms with Gasteiger partial charge in [0.1, 0.15) is 0 Å². The number of urea groups is 1. The van der Waals surface area contributed by atoms with Crippen LogP contribution in [-0.2, 0) is 10.0 Å². The van der Waals surface area contributed by atoms with Crippen LogP contribution in [0.15, 0.2) is 29.2 Å². The second kappa shape index (κ2) is 7.31. The Hall–Kier alpha value is -1.60. The number of sulfonamides is 1. The van der Waals surface area contributed by atoms with Gasteiger partial charge in [0.05, 0.1) is 4.90 Å². The zero-order valence-electron chi connectivity index (χ0n) is 13.9. The van der Waals surface area contributed by atoms with Gasteiger partial charge >= 0.3 is 6.03 Å². The fourth-order valence-electron chi connectivity index (χ4n) is 2.60. The van der Waals surface area contributed by atoms with Crippen molar-refractivity contribution >= 4 is 16.1 Å². The standard InChI is InChI=1S/C16H25N3O3S/c1-13(2)17-16(20)18-8-5-9-19(11-10-18)23(21,22)15-7-4-6-14(3)12-15/h4,6-7,12-13H,5,8-11H2,1-3H3,(H,17,20). The molecule has 128 valence electrons. The van der Waals surface area contributed by atoms with Crippen LogP contribution in [0.5, 0.6) is 0 Å². The van der Waals surface area contributed by atoms with Gasteiger partial charge in [-0.3, -0.25) is 0 Å². The molecule has 0 radical (unpaired) electrons. The van der Waals surface area contributed by atoms with E-state index in [2.05, 4.69) is 5.32 Å². The molecule has 1 heterocycles. The molecule has 1 fully saturated rings. The quantitative estimate of drug-likeness (QED) is 0.913. The smallest absolute Gasteiger partial charge is 0.317 e. The first-order chi connectivity index (χ1) is 10.8. The topological polar surface area (TPSA) is 69.7 Å². The van der Waals surface area contributed by atoms with Gasteiger partial charge in [-0.05, 0) is 44.9 Å². The Balaban J connectivity index is 2.09. The minimum atomic E-state index is -3.51. The van der Waals surface area contributed by atoms with Gasteiger partial charge in [0.15, 0.2) is 0 Å². The molecule has 1 aromatic rings. The van der Waals surface area contributed by atoms with Gasteiger partial charge in [0.25, 0.3) is 0 Å². The second-order valence-corrected chi connectivity index (χ2v) is 8.10. The lowest BCUT2D eigenvalue weighted by atomic mass is 10.2. The summed E-state index contributed by atoms with van der Waals surface area (Å²) >= 11 is 0. The molecule has 0 aliphatic carbocycles. The molecule has 1 aromatic carbocycles. The molecule has 6 nitrogen and oxygen atoms in total. The van der Waals surface area contributed by atoms with Crippen molar-refractivity contribution in [2.75, 3.05) is 26.2 Å². The van der Waals surface area contributed by atoms with E-state index in [0.717, 1.165) is 5.56 Å². The van der Waals surface area contributed by atoms with Crippen LogP contribution in [-0.4, -0.2) is 55.9 Å². The van der Waals surface area contributed by atoms with Crippen LogP contribution in [0, 0.1) is 6.92 Å². The van der Waals surface area contributed by atoms with Gasteiger partial charge in [-0.25, -0.2) is 13.2 Å². The van der Waals surface area contributed by atoms with Crippen molar-refractivity contribution in [3.63, 3.8) is 0 Å². The zero-order valence-corrected chi connectivity index (χ0v) is 14.8. The van der Waals surface area contributed by atoms with Gasteiger partial charge in [-0.15, -0.1) is 0 Å². The number of nitrogens with one attached hydrogen (secondary N) is 1. The molecular formula is C16H25N3O3S. The fourth-order valence-corrected chi connectivity index (χ4v) is 4.18. The number of nitrogens with zero attached hydrogens (tertiary/aromatic N) is 2. The Morgan fingerprint density at radius 2 is 1.91 bits per heavy atom. The highest BCUT2D eigenvalue weighted by molar-refractivity contribution is 7.89. The van der Waals surface area contributed by atoms with E-state index in [0.29, 0.717) is 37.5 Å². The molecule has 2 rings (SSSR count). The normalized spacial score (nSPS) is 17.1. The first kappa shape index (κ1) is 17.7. The molecule has 23 heavy (non-hydrogen) atoms. The molecular weight excluding hydrogens is 314 g/mol. The number of amides is 2. The summed E-state index contributed by atoms with van der Waals surface area (Å²) in [5, 5.41) is 2.85. The lowest BCUT2D eigenvalue weighted by Gasteiger charge is -2.23. The Bertz CT molecular complexity index is 658. The third-order valence-electron chi connectivity index (χ3n) is 3.78. The van der Waals surface area contributed by atoms with Crippen LogP contribution in [0.4, 0.5) is 4.79 Å². The summed E-state index contributed by atoms with van der Waals surface area (Å²) in [6, 6.07) is 6.87. The summed E-state index contributed by atoms with van der Waals surface area (Å²) in [6.45, 7) is 7.42. The minimum Gasteiger partial charge on any atom is -0.336 e. The van der Waals surface area contributed by atoms with E-state index in [1.165, 1.54) is 4.31 Å². The molecule has 0 bridgehead atoms. The van der Waals surface area contributed by atoms with Gasteiger partial charge in [-0.1, -0.05) is 12.1 Å². The number of hydrogen-bond donors (Lipinski definition) is 1. The summed E-state index contributed by atoms with van der Waals surface area (Å²) in [6.07, 6.45) is 0.635. The van der Waals surface area contributed by atoms with Gasteiger partial charge in [0.2, 0.25) is 10.0 Å². The van der Waals surface area contributed by atoms with E-state index < -0.39 is 10.0 Å². The van der Waals surface area contributed by atoms with Crippen LogP contribution in [0.25, 0.3) is 0 Å². The molecule has 0 unspecified atom stereocenters. The molecule has 1 N–H and O–H groups in total. The summed E-state index contributed by atoms with van der Waals surface area (Å²) in [7, 11) is -3.51. The second-order valence-electron chi connectivity index (χ2n) is 6.17. The molecule has 2 amide bonds. The number of rotatable bonds is 3.